The van der Waals surface area contributed by atoms with E-state index in [4.69, 9.17) is 5.73 Å². The Hall–Kier alpha value is -1.07. The van der Waals surface area contributed by atoms with Gasteiger partial charge in [0.15, 0.2) is 0 Å². The van der Waals surface area contributed by atoms with Crippen molar-refractivity contribution in [3.63, 3.8) is 0 Å². The second-order valence-corrected chi connectivity index (χ2v) is 2.71. The van der Waals surface area contributed by atoms with E-state index >= 15 is 0 Å². The highest BCUT2D eigenvalue weighted by Gasteiger charge is 2.01. The van der Waals surface area contributed by atoms with Crippen molar-refractivity contribution in [1.29, 1.82) is 0 Å². The monoisotopic (exact) mass is 185 g/mol. The first-order valence-electron chi connectivity index (χ1n) is 4.16. The Bertz CT molecular complexity index is 197. The van der Waals surface area contributed by atoms with Crippen molar-refractivity contribution >= 4 is 5.71 Å². The van der Waals surface area contributed by atoms with Gasteiger partial charge in [0.05, 0.1) is 0 Å². The quantitative estimate of drug-likeness (QED) is 0.265. The van der Waals surface area contributed by atoms with Crippen LogP contribution in [0.1, 0.15) is 13.8 Å². The molecule has 0 bridgehead atoms. The summed E-state index contributed by atoms with van der Waals surface area (Å²) >= 11 is 0. The fourth-order valence-electron chi connectivity index (χ4n) is 0.555. The van der Waals surface area contributed by atoms with Crippen LogP contribution < -0.4 is 21.9 Å². The van der Waals surface area contributed by atoms with E-state index < -0.39 is 0 Å². The van der Waals surface area contributed by atoms with Gasteiger partial charge < -0.3 is 16.5 Å². The molecule has 0 heterocycles. The molecule has 0 aliphatic heterocycles. The summed E-state index contributed by atoms with van der Waals surface area (Å²) in [6, 6.07) is 0. The highest BCUT2D eigenvalue weighted by Crippen LogP contribution is 1.80. The zero-order valence-electron chi connectivity index (χ0n) is 8.68. The van der Waals surface area contributed by atoms with Crippen LogP contribution in [0.15, 0.2) is 16.9 Å². The van der Waals surface area contributed by atoms with Crippen LogP contribution >= 0.6 is 0 Å². The molecule has 76 valence electrons. The molecule has 0 aromatic rings. The minimum absolute atomic E-state index is 0.258. The number of nitrogens with two attached hydrogens (primary N) is 1. The van der Waals surface area contributed by atoms with E-state index in [1.165, 1.54) is 0 Å². The van der Waals surface area contributed by atoms with Gasteiger partial charge in [-0.1, -0.05) is 0 Å². The standard InChI is InChI=1S/C8H19N5/c1-6(10-3)5-12-13-8(9)7(2)11-4/h5,8,10,12-13H,9H2,1-4H3/b6-5-,11-7-/t8-/m1/s1. The van der Waals surface area contributed by atoms with Crippen molar-refractivity contribution in [2.75, 3.05) is 14.1 Å². The van der Waals surface area contributed by atoms with E-state index in [0.717, 1.165) is 11.4 Å². The van der Waals surface area contributed by atoms with Crippen molar-refractivity contribution in [1.82, 2.24) is 16.2 Å². The Labute approximate surface area is 79.5 Å². The molecule has 0 aliphatic carbocycles. The first-order chi connectivity index (χ1) is 6.11. The van der Waals surface area contributed by atoms with E-state index in [-0.39, 0.29) is 6.17 Å². The van der Waals surface area contributed by atoms with Gasteiger partial charge in [0.25, 0.3) is 0 Å². The number of aliphatic imine (C=N–C) groups is 1. The van der Waals surface area contributed by atoms with Crippen LogP contribution in [0.4, 0.5) is 0 Å². The van der Waals surface area contributed by atoms with Crippen LogP contribution in [0.2, 0.25) is 0 Å². The maximum absolute atomic E-state index is 5.70. The van der Waals surface area contributed by atoms with Crippen LogP contribution in [-0.2, 0) is 0 Å². The molecule has 0 saturated carbocycles. The normalized spacial score (nSPS) is 15.5. The van der Waals surface area contributed by atoms with Crippen LogP contribution in [0.25, 0.3) is 0 Å². The fourth-order valence-corrected chi connectivity index (χ4v) is 0.555. The topological polar surface area (TPSA) is 74.5 Å². The molecular weight excluding hydrogens is 166 g/mol. The molecule has 13 heavy (non-hydrogen) atoms. The lowest BCUT2D eigenvalue weighted by atomic mass is 10.3. The molecule has 0 spiro atoms. The predicted molar refractivity (Wildman–Crippen MR) is 56.1 cm³/mol. The largest absolute Gasteiger partial charge is 0.390 e. The summed E-state index contributed by atoms with van der Waals surface area (Å²) in [6.07, 6.45) is 1.54. The summed E-state index contributed by atoms with van der Waals surface area (Å²) < 4.78 is 0. The molecule has 0 aromatic carbocycles. The van der Waals surface area contributed by atoms with E-state index in [2.05, 4.69) is 21.2 Å². The molecule has 1 atom stereocenters. The van der Waals surface area contributed by atoms with Gasteiger partial charge in [0.1, 0.15) is 6.17 Å². The average Bonchev–Trinajstić information content (AvgIpc) is 2.15. The summed E-state index contributed by atoms with van der Waals surface area (Å²) in [7, 11) is 3.57. The van der Waals surface area contributed by atoms with Gasteiger partial charge in [-0.05, 0) is 13.8 Å². The van der Waals surface area contributed by atoms with Crippen molar-refractivity contribution in [3.05, 3.63) is 11.9 Å². The van der Waals surface area contributed by atoms with Crippen molar-refractivity contribution < 1.29 is 0 Å². The van der Waals surface area contributed by atoms with E-state index in [9.17, 15) is 0 Å². The number of hydrogen-bond acceptors (Lipinski definition) is 5. The lowest BCUT2D eigenvalue weighted by molar-refractivity contribution is 0.574. The smallest absolute Gasteiger partial charge is 0.111 e. The molecule has 0 unspecified atom stereocenters. The zero-order chi connectivity index (χ0) is 10.3. The Morgan fingerprint density at radius 3 is 2.54 bits per heavy atom. The molecule has 0 aromatic heterocycles. The first-order valence-corrected chi connectivity index (χ1v) is 4.16. The summed E-state index contributed by atoms with van der Waals surface area (Å²) in [4.78, 5) is 3.96. The molecule has 0 saturated heterocycles. The first kappa shape index (κ1) is 11.9. The molecule has 0 radical (unpaired) electrons. The SMILES string of the molecule is C/N=C(/C)[C@H](N)NN/C=C(/C)NC. The summed E-state index contributed by atoms with van der Waals surface area (Å²) in [6.45, 7) is 3.81. The Morgan fingerprint density at radius 2 is 2.08 bits per heavy atom. The number of allylic oxidation sites excluding steroid dienone is 1. The lowest BCUT2D eigenvalue weighted by Crippen LogP contribution is -2.48. The maximum atomic E-state index is 5.70. The van der Waals surface area contributed by atoms with Gasteiger partial charge in [-0.3, -0.25) is 4.99 Å². The molecule has 5 heteroatoms. The average molecular weight is 185 g/mol. The lowest BCUT2D eigenvalue weighted by Gasteiger charge is -2.13. The molecule has 5 N–H and O–H groups in total. The molecular formula is C8H19N5. The number of rotatable bonds is 5. The molecule has 0 fully saturated rings. The zero-order valence-corrected chi connectivity index (χ0v) is 8.68. The van der Waals surface area contributed by atoms with Gasteiger partial charge in [0, 0.05) is 31.7 Å². The molecule has 0 aliphatic rings. The van der Waals surface area contributed by atoms with Gasteiger partial charge in [-0.2, -0.15) is 0 Å². The highest BCUT2D eigenvalue weighted by atomic mass is 15.4. The summed E-state index contributed by atoms with van der Waals surface area (Å²) in [5, 5.41) is 2.97. The third kappa shape index (κ3) is 5.21. The van der Waals surface area contributed by atoms with Crippen LogP contribution in [0.5, 0.6) is 0 Å². The summed E-state index contributed by atoms with van der Waals surface area (Å²) in [5.74, 6) is 0. The van der Waals surface area contributed by atoms with Crippen LogP contribution in [0.3, 0.4) is 0 Å². The van der Waals surface area contributed by atoms with E-state index in [0.29, 0.717) is 0 Å². The number of nitrogens with zero attached hydrogens (tertiary/aromatic N) is 1. The Kier molecular flexibility index (Phi) is 5.92. The Balaban J connectivity index is 3.77. The third-order valence-electron chi connectivity index (χ3n) is 1.72. The molecule has 0 amide bonds. The molecule has 5 nitrogen and oxygen atoms in total. The number of hydrogen-bond donors (Lipinski definition) is 4. The third-order valence-corrected chi connectivity index (χ3v) is 1.72. The fraction of sp³-hybridized carbons (Fsp3) is 0.625. The minimum Gasteiger partial charge on any atom is -0.390 e. The van der Waals surface area contributed by atoms with Crippen LogP contribution in [-0.4, -0.2) is 26.0 Å². The van der Waals surface area contributed by atoms with Gasteiger partial charge in [0.2, 0.25) is 0 Å². The summed E-state index contributed by atoms with van der Waals surface area (Å²) in [5.41, 5.74) is 13.3. The van der Waals surface area contributed by atoms with Crippen molar-refractivity contribution in [3.8, 4) is 0 Å². The maximum Gasteiger partial charge on any atom is 0.111 e. The second kappa shape index (κ2) is 6.45. The van der Waals surface area contributed by atoms with Crippen molar-refractivity contribution in [2.24, 2.45) is 10.7 Å². The van der Waals surface area contributed by atoms with Gasteiger partial charge in [-0.15, -0.1) is 0 Å². The molecule has 0 rings (SSSR count). The predicted octanol–water partition coefficient (Wildman–Crippen LogP) is -0.463. The number of nitrogens with one attached hydrogen (secondary N) is 3. The van der Waals surface area contributed by atoms with E-state index in [1.54, 1.807) is 13.2 Å². The van der Waals surface area contributed by atoms with Gasteiger partial charge >= 0.3 is 0 Å². The minimum atomic E-state index is -0.258. The van der Waals surface area contributed by atoms with Gasteiger partial charge in [-0.25, -0.2) is 5.43 Å². The van der Waals surface area contributed by atoms with Crippen LogP contribution in [0, 0.1) is 0 Å². The number of hydrazine groups is 1. The Morgan fingerprint density at radius 1 is 1.46 bits per heavy atom. The van der Waals surface area contributed by atoms with E-state index in [1.807, 2.05) is 20.9 Å². The highest BCUT2D eigenvalue weighted by molar-refractivity contribution is 5.86. The second-order valence-electron chi connectivity index (χ2n) is 2.71. The van der Waals surface area contributed by atoms with Crippen molar-refractivity contribution in [2.45, 2.75) is 20.0 Å².